The van der Waals surface area contributed by atoms with Crippen molar-refractivity contribution in [2.75, 3.05) is 32.6 Å². The van der Waals surface area contributed by atoms with Gasteiger partial charge in [0.25, 0.3) is 5.91 Å². The minimum atomic E-state index is -0.241. The highest BCUT2D eigenvalue weighted by Gasteiger charge is 2.27. The first-order chi connectivity index (χ1) is 15.5. The molecule has 0 unspecified atom stereocenters. The lowest BCUT2D eigenvalue weighted by atomic mass is 9.91. The minimum absolute atomic E-state index is 0. The molecule has 33 heavy (non-hydrogen) atoms. The van der Waals surface area contributed by atoms with Crippen molar-refractivity contribution in [2.45, 2.75) is 25.7 Å². The van der Waals surface area contributed by atoms with E-state index in [-0.39, 0.29) is 24.2 Å². The van der Waals surface area contributed by atoms with E-state index < -0.39 is 0 Å². The number of benzene rings is 2. The highest BCUT2D eigenvalue weighted by Crippen LogP contribution is 2.33. The molecule has 2 heterocycles. The summed E-state index contributed by atoms with van der Waals surface area (Å²) < 4.78 is 12.6. The van der Waals surface area contributed by atoms with Gasteiger partial charge >= 0.3 is 0 Å². The van der Waals surface area contributed by atoms with E-state index in [1.54, 1.807) is 38.6 Å². The number of nitrogens with zero attached hydrogens (tertiary/aromatic N) is 2. The second-order valence-corrected chi connectivity index (χ2v) is 8.24. The molecule has 1 amide bonds. The second kappa shape index (κ2) is 10.9. The topological polar surface area (TPSA) is 77.4 Å². The number of hydrogen-bond acceptors (Lipinski definition) is 5. The summed E-state index contributed by atoms with van der Waals surface area (Å²) in [5.74, 6) is 1.14. The van der Waals surface area contributed by atoms with Crippen molar-refractivity contribution in [1.82, 2.24) is 15.1 Å². The SMILES string of the molecule is COc1ccc(OC)c(NC(=O)c2cnn(-c3ccc(C)c(Cl)c3)c2C2CCNCC2)c1.Cl. The van der Waals surface area contributed by atoms with Crippen LogP contribution in [-0.4, -0.2) is 43.0 Å². The molecule has 2 N–H and O–H groups in total. The van der Waals surface area contributed by atoms with Crippen molar-refractivity contribution < 1.29 is 14.3 Å². The van der Waals surface area contributed by atoms with Crippen LogP contribution < -0.4 is 20.1 Å². The molecule has 176 valence electrons. The zero-order valence-electron chi connectivity index (χ0n) is 18.9. The Balaban J connectivity index is 0.00000306. The van der Waals surface area contributed by atoms with Gasteiger partial charge in [-0.1, -0.05) is 17.7 Å². The van der Waals surface area contributed by atoms with E-state index >= 15 is 0 Å². The van der Waals surface area contributed by atoms with Gasteiger partial charge in [0.05, 0.1) is 43.0 Å². The second-order valence-electron chi connectivity index (χ2n) is 7.83. The number of carbonyl (C=O) groups is 1. The molecule has 2 aromatic carbocycles. The first kappa shape index (κ1) is 24.9. The number of halogens is 2. The summed E-state index contributed by atoms with van der Waals surface area (Å²) in [6, 6.07) is 11.1. The number of methoxy groups -OCH3 is 2. The van der Waals surface area contributed by atoms with Gasteiger partial charge in [-0.3, -0.25) is 4.79 Å². The quantitative estimate of drug-likeness (QED) is 0.508. The lowest BCUT2D eigenvalue weighted by Crippen LogP contribution is -2.29. The molecule has 1 fully saturated rings. The highest BCUT2D eigenvalue weighted by atomic mass is 35.5. The third kappa shape index (κ3) is 5.27. The van der Waals surface area contributed by atoms with E-state index in [1.165, 1.54) is 0 Å². The number of nitrogens with one attached hydrogen (secondary N) is 2. The summed E-state index contributed by atoms with van der Waals surface area (Å²) in [6.07, 6.45) is 3.48. The standard InChI is InChI=1S/C24H27ClN4O3.ClH/c1-15-4-5-17(12-20(15)25)29-23(16-8-10-26-11-9-16)19(14-27-29)24(30)28-21-13-18(31-2)6-7-22(21)32-3;/h4-7,12-14,16,26H,8-11H2,1-3H3,(H,28,30);1H. The smallest absolute Gasteiger partial charge is 0.259 e. The number of aromatic nitrogens is 2. The van der Waals surface area contributed by atoms with Crippen molar-refractivity contribution in [2.24, 2.45) is 0 Å². The van der Waals surface area contributed by atoms with Crippen molar-refractivity contribution in [3.8, 4) is 17.2 Å². The van der Waals surface area contributed by atoms with Crippen LogP contribution in [0.25, 0.3) is 5.69 Å². The third-order valence-corrected chi connectivity index (χ3v) is 6.24. The van der Waals surface area contributed by atoms with Gasteiger partial charge in [0.15, 0.2) is 0 Å². The van der Waals surface area contributed by atoms with Gasteiger partial charge in [0.2, 0.25) is 0 Å². The Morgan fingerprint density at radius 1 is 1.15 bits per heavy atom. The molecule has 0 spiro atoms. The van der Waals surface area contributed by atoms with Gasteiger partial charge in [-0.25, -0.2) is 4.68 Å². The van der Waals surface area contributed by atoms with E-state index in [0.717, 1.165) is 42.9 Å². The van der Waals surface area contributed by atoms with Crippen LogP contribution in [0.5, 0.6) is 11.5 Å². The summed E-state index contributed by atoms with van der Waals surface area (Å²) in [5.41, 5.74) is 3.81. The molecule has 3 aromatic rings. The molecule has 0 saturated carbocycles. The Bertz CT molecular complexity index is 1130. The Kier molecular flexibility index (Phi) is 8.24. The first-order valence-electron chi connectivity index (χ1n) is 10.6. The highest BCUT2D eigenvalue weighted by molar-refractivity contribution is 6.31. The number of amides is 1. The van der Waals surface area contributed by atoms with E-state index in [9.17, 15) is 4.79 Å². The Morgan fingerprint density at radius 2 is 1.91 bits per heavy atom. The number of hydrogen-bond donors (Lipinski definition) is 2. The first-order valence-corrected chi connectivity index (χ1v) is 11.0. The molecule has 0 bridgehead atoms. The van der Waals surface area contributed by atoms with Crippen LogP contribution in [0.1, 0.15) is 40.4 Å². The van der Waals surface area contributed by atoms with Crippen LogP contribution in [0.15, 0.2) is 42.6 Å². The molecular formula is C24H28Cl2N4O3. The number of anilines is 1. The Labute approximate surface area is 204 Å². The Morgan fingerprint density at radius 3 is 2.58 bits per heavy atom. The fourth-order valence-corrected chi connectivity index (χ4v) is 4.22. The predicted molar refractivity (Wildman–Crippen MR) is 133 cm³/mol. The number of ether oxygens (including phenoxy) is 2. The van der Waals surface area contributed by atoms with Crippen LogP contribution in [-0.2, 0) is 0 Å². The van der Waals surface area contributed by atoms with Gasteiger partial charge in [-0.2, -0.15) is 5.10 Å². The predicted octanol–water partition coefficient (Wildman–Crippen LogP) is 4.99. The molecule has 1 aliphatic rings. The van der Waals surface area contributed by atoms with Crippen LogP contribution >= 0.6 is 24.0 Å². The molecule has 9 heteroatoms. The van der Waals surface area contributed by atoms with E-state index in [0.29, 0.717) is 27.8 Å². The number of carbonyl (C=O) groups excluding carboxylic acids is 1. The summed E-state index contributed by atoms with van der Waals surface area (Å²) >= 11 is 6.38. The van der Waals surface area contributed by atoms with E-state index in [4.69, 9.17) is 21.1 Å². The van der Waals surface area contributed by atoms with Crippen molar-refractivity contribution >= 4 is 35.6 Å². The molecule has 1 aromatic heterocycles. The molecule has 1 aliphatic heterocycles. The Hall–Kier alpha value is -2.74. The van der Waals surface area contributed by atoms with Gasteiger partial charge in [-0.15, -0.1) is 12.4 Å². The van der Waals surface area contributed by atoms with Crippen LogP contribution in [0.2, 0.25) is 5.02 Å². The largest absolute Gasteiger partial charge is 0.497 e. The average Bonchev–Trinajstić information content (AvgIpc) is 3.26. The van der Waals surface area contributed by atoms with Crippen LogP contribution in [0, 0.1) is 6.92 Å². The summed E-state index contributed by atoms with van der Waals surface area (Å²) in [4.78, 5) is 13.4. The molecular weight excluding hydrogens is 463 g/mol. The summed E-state index contributed by atoms with van der Waals surface area (Å²) in [5, 5.41) is 11.6. The van der Waals surface area contributed by atoms with E-state index in [2.05, 4.69) is 15.7 Å². The van der Waals surface area contributed by atoms with Crippen molar-refractivity contribution in [3.63, 3.8) is 0 Å². The maximum atomic E-state index is 13.4. The summed E-state index contributed by atoms with van der Waals surface area (Å²) in [7, 11) is 3.15. The molecule has 0 aliphatic carbocycles. The third-order valence-electron chi connectivity index (χ3n) is 5.83. The van der Waals surface area contributed by atoms with Crippen LogP contribution in [0.3, 0.4) is 0 Å². The lowest BCUT2D eigenvalue weighted by Gasteiger charge is -2.25. The average molecular weight is 491 g/mol. The minimum Gasteiger partial charge on any atom is -0.497 e. The molecule has 0 atom stereocenters. The van der Waals surface area contributed by atoms with Gasteiger partial charge in [0.1, 0.15) is 11.5 Å². The normalized spacial score (nSPS) is 13.8. The maximum Gasteiger partial charge on any atom is 0.259 e. The number of piperidine rings is 1. The maximum absolute atomic E-state index is 13.4. The fraction of sp³-hybridized carbons (Fsp3) is 0.333. The molecule has 4 rings (SSSR count). The van der Waals surface area contributed by atoms with E-state index in [1.807, 2.05) is 29.8 Å². The zero-order valence-corrected chi connectivity index (χ0v) is 20.4. The van der Waals surface area contributed by atoms with Crippen molar-refractivity contribution in [3.05, 3.63) is 64.4 Å². The lowest BCUT2D eigenvalue weighted by molar-refractivity contribution is 0.102. The molecule has 7 nitrogen and oxygen atoms in total. The number of rotatable bonds is 6. The number of aryl methyl sites for hydroxylation is 1. The van der Waals surface area contributed by atoms with Crippen LogP contribution in [0.4, 0.5) is 5.69 Å². The van der Waals surface area contributed by atoms with Gasteiger partial charge in [0, 0.05) is 17.0 Å². The molecule has 0 radical (unpaired) electrons. The van der Waals surface area contributed by atoms with Crippen molar-refractivity contribution in [1.29, 1.82) is 0 Å². The molecule has 1 saturated heterocycles. The van der Waals surface area contributed by atoms with Gasteiger partial charge in [-0.05, 0) is 62.7 Å². The summed E-state index contributed by atoms with van der Waals surface area (Å²) in [6.45, 7) is 3.76. The monoisotopic (exact) mass is 490 g/mol. The zero-order chi connectivity index (χ0) is 22.7. The fourth-order valence-electron chi connectivity index (χ4n) is 4.04. The van der Waals surface area contributed by atoms with Gasteiger partial charge < -0.3 is 20.1 Å².